The summed E-state index contributed by atoms with van der Waals surface area (Å²) in [6.45, 7) is 0. The predicted octanol–water partition coefficient (Wildman–Crippen LogP) is 3.31. The molecule has 10 heteroatoms. The van der Waals surface area contributed by atoms with Crippen LogP contribution in [0.1, 0.15) is 22.5 Å². The van der Waals surface area contributed by atoms with Gasteiger partial charge in [-0.25, -0.2) is 13.6 Å². The number of rotatable bonds is 3. The smallest absolute Gasteiger partial charge is 0.465 e. The van der Waals surface area contributed by atoms with Crippen molar-refractivity contribution in [3.8, 4) is 5.75 Å². The number of methoxy groups -OCH3 is 1. The molecule has 1 aromatic heterocycles. The van der Waals surface area contributed by atoms with E-state index in [1.54, 1.807) is 0 Å². The Bertz CT molecular complexity index is 491. The molecule has 1 aromatic rings. The first-order valence-corrected chi connectivity index (χ1v) is 5.56. The quantitative estimate of drug-likeness (QED) is 0.446. The molecule has 0 unspecified atom stereocenters. The van der Waals surface area contributed by atoms with Gasteiger partial charge < -0.3 is 9.47 Å². The van der Waals surface area contributed by atoms with E-state index < -0.39 is 39.3 Å². The summed E-state index contributed by atoms with van der Waals surface area (Å²) in [5, 5.41) is 0. The van der Waals surface area contributed by atoms with Gasteiger partial charge in [0.25, 0.3) is 6.43 Å². The van der Waals surface area contributed by atoms with Gasteiger partial charge in [0, 0.05) is 6.20 Å². The Morgan fingerprint density at radius 3 is 2.42 bits per heavy atom. The van der Waals surface area contributed by atoms with Crippen molar-refractivity contribution >= 4 is 28.6 Å². The van der Waals surface area contributed by atoms with Crippen LogP contribution in [0.3, 0.4) is 0 Å². The van der Waals surface area contributed by atoms with Gasteiger partial charge in [-0.05, 0) is 22.6 Å². The predicted molar refractivity (Wildman–Crippen MR) is 59.9 cm³/mol. The molecule has 0 bridgehead atoms. The average Bonchev–Trinajstić information content (AvgIpc) is 2.28. The maximum absolute atomic E-state index is 12.6. The van der Waals surface area contributed by atoms with Crippen molar-refractivity contribution in [2.45, 2.75) is 12.8 Å². The molecule has 0 aliphatic carbocycles. The molecule has 0 saturated heterocycles. The largest absolute Gasteiger partial charge is 0.573 e. The lowest BCUT2D eigenvalue weighted by molar-refractivity contribution is -0.275. The summed E-state index contributed by atoms with van der Waals surface area (Å²) >= 11 is 1.28. The third kappa shape index (κ3) is 3.88. The molecule has 0 aromatic carbocycles. The molecule has 106 valence electrons. The molecule has 0 fully saturated rings. The first kappa shape index (κ1) is 15.9. The van der Waals surface area contributed by atoms with Crippen LogP contribution in [-0.2, 0) is 4.74 Å². The summed E-state index contributed by atoms with van der Waals surface area (Å²) in [7, 11) is 0.990. The van der Waals surface area contributed by atoms with E-state index in [2.05, 4.69) is 14.5 Å². The second-order valence-corrected chi connectivity index (χ2v) is 4.12. The van der Waals surface area contributed by atoms with Gasteiger partial charge >= 0.3 is 12.3 Å². The lowest BCUT2D eigenvalue weighted by atomic mass is 10.2. The van der Waals surface area contributed by atoms with Crippen molar-refractivity contribution in [3.05, 3.63) is 21.0 Å². The fourth-order valence-electron chi connectivity index (χ4n) is 1.10. The molecule has 0 amide bonds. The summed E-state index contributed by atoms with van der Waals surface area (Å²) in [4.78, 5) is 14.4. The first-order valence-electron chi connectivity index (χ1n) is 4.48. The second-order valence-electron chi connectivity index (χ2n) is 3.04. The number of alkyl halides is 5. The van der Waals surface area contributed by atoms with E-state index in [4.69, 9.17) is 0 Å². The Balaban J connectivity index is 3.40. The van der Waals surface area contributed by atoms with Crippen molar-refractivity contribution in [3.63, 3.8) is 0 Å². The number of hydrogen-bond acceptors (Lipinski definition) is 4. The van der Waals surface area contributed by atoms with Crippen LogP contribution in [0.4, 0.5) is 22.0 Å². The van der Waals surface area contributed by atoms with Crippen LogP contribution in [0, 0.1) is 3.57 Å². The lowest BCUT2D eigenvalue weighted by Gasteiger charge is -2.15. The molecule has 4 nitrogen and oxygen atoms in total. The molecule has 0 atom stereocenters. The third-order valence-electron chi connectivity index (χ3n) is 1.83. The molecule has 0 aliphatic rings. The minimum absolute atomic E-state index is 0.397. The number of esters is 1. The number of hydrogen-bond donors (Lipinski definition) is 0. The standard InChI is InChI=1S/C9H5F5INO3/c1-18-8(17)3-2-16-5(7(10)11)6(4(3)15)19-9(12,13)14/h2,7H,1H3. The highest BCUT2D eigenvalue weighted by atomic mass is 127. The van der Waals surface area contributed by atoms with Crippen LogP contribution in [0.15, 0.2) is 6.20 Å². The van der Waals surface area contributed by atoms with Gasteiger partial charge in [0.1, 0.15) is 5.69 Å². The van der Waals surface area contributed by atoms with Crippen LogP contribution >= 0.6 is 22.6 Å². The second kappa shape index (κ2) is 5.84. The molecule has 0 N–H and O–H groups in total. The fraction of sp³-hybridized carbons (Fsp3) is 0.333. The summed E-state index contributed by atoms with van der Waals surface area (Å²) < 4.78 is 69.0. The molecule has 1 heterocycles. The number of ether oxygens (including phenoxy) is 2. The summed E-state index contributed by atoms with van der Waals surface area (Å²) in [6, 6.07) is 0. The minimum atomic E-state index is -5.18. The average molecular weight is 397 g/mol. The number of carbonyl (C=O) groups is 1. The maximum atomic E-state index is 12.6. The molecule has 0 saturated carbocycles. The van der Waals surface area contributed by atoms with E-state index >= 15 is 0 Å². The number of nitrogens with zero attached hydrogens (tertiary/aromatic N) is 1. The van der Waals surface area contributed by atoms with Gasteiger partial charge in [-0.2, -0.15) is 0 Å². The van der Waals surface area contributed by atoms with Crippen LogP contribution in [0.5, 0.6) is 5.75 Å². The first-order chi connectivity index (χ1) is 8.67. The highest BCUT2D eigenvalue weighted by molar-refractivity contribution is 14.1. The number of aromatic nitrogens is 1. The van der Waals surface area contributed by atoms with Gasteiger partial charge in [0.2, 0.25) is 0 Å². The van der Waals surface area contributed by atoms with Crippen LogP contribution in [0.25, 0.3) is 0 Å². The molecule has 0 radical (unpaired) electrons. The normalized spacial score (nSPS) is 11.6. The Morgan fingerprint density at radius 1 is 1.42 bits per heavy atom. The Morgan fingerprint density at radius 2 is 2.00 bits per heavy atom. The summed E-state index contributed by atoms with van der Waals surface area (Å²) in [5.41, 5.74) is -1.60. The number of pyridine rings is 1. The van der Waals surface area contributed by atoms with Crippen LogP contribution in [-0.4, -0.2) is 24.4 Å². The highest BCUT2D eigenvalue weighted by Crippen LogP contribution is 2.36. The zero-order chi connectivity index (χ0) is 14.8. The van der Waals surface area contributed by atoms with Gasteiger partial charge in [-0.15, -0.1) is 13.2 Å². The van der Waals surface area contributed by atoms with Crippen molar-refractivity contribution in [1.82, 2.24) is 4.98 Å². The fourth-order valence-corrected chi connectivity index (χ4v) is 1.85. The lowest BCUT2D eigenvalue weighted by Crippen LogP contribution is -2.20. The zero-order valence-corrected chi connectivity index (χ0v) is 11.3. The SMILES string of the molecule is COC(=O)c1cnc(C(F)F)c(OC(F)(F)F)c1I. The van der Waals surface area contributed by atoms with Gasteiger partial charge in [0.05, 0.1) is 16.2 Å². The van der Waals surface area contributed by atoms with E-state index in [-0.39, 0.29) is 0 Å². The van der Waals surface area contributed by atoms with Crippen molar-refractivity contribution in [2.24, 2.45) is 0 Å². The van der Waals surface area contributed by atoms with Crippen molar-refractivity contribution < 1.29 is 36.2 Å². The number of halogens is 6. The van der Waals surface area contributed by atoms with Gasteiger partial charge in [0.15, 0.2) is 5.75 Å². The highest BCUT2D eigenvalue weighted by Gasteiger charge is 2.36. The maximum Gasteiger partial charge on any atom is 0.573 e. The van der Waals surface area contributed by atoms with Gasteiger partial charge in [-0.3, -0.25) is 4.98 Å². The Hall–Kier alpha value is -1.20. The zero-order valence-electron chi connectivity index (χ0n) is 9.09. The molecule has 19 heavy (non-hydrogen) atoms. The van der Waals surface area contributed by atoms with E-state index in [0.717, 1.165) is 7.11 Å². The Kier molecular flexibility index (Phi) is 4.87. The third-order valence-corrected chi connectivity index (χ3v) is 2.90. The van der Waals surface area contributed by atoms with E-state index in [1.807, 2.05) is 0 Å². The van der Waals surface area contributed by atoms with Gasteiger partial charge in [-0.1, -0.05) is 0 Å². The molecule has 1 rings (SSSR count). The van der Waals surface area contributed by atoms with E-state index in [1.165, 1.54) is 22.6 Å². The van der Waals surface area contributed by atoms with E-state index in [0.29, 0.717) is 6.20 Å². The summed E-state index contributed by atoms with van der Waals surface area (Å²) in [6.07, 6.45) is -7.75. The molecular formula is C9H5F5INO3. The molecular weight excluding hydrogens is 392 g/mol. The summed E-state index contributed by atoms with van der Waals surface area (Å²) in [5.74, 6) is -2.21. The number of carbonyl (C=O) groups excluding carboxylic acids is 1. The van der Waals surface area contributed by atoms with Crippen LogP contribution < -0.4 is 4.74 Å². The Labute approximate surface area is 117 Å². The van der Waals surface area contributed by atoms with Crippen molar-refractivity contribution in [1.29, 1.82) is 0 Å². The monoisotopic (exact) mass is 397 g/mol. The molecule has 0 spiro atoms. The topological polar surface area (TPSA) is 48.4 Å². The van der Waals surface area contributed by atoms with Crippen LogP contribution in [0.2, 0.25) is 0 Å². The molecule has 0 aliphatic heterocycles. The minimum Gasteiger partial charge on any atom is -0.465 e. The van der Waals surface area contributed by atoms with Crippen molar-refractivity contribution in [2.75, 3.05) is 7.11 Å². The van der Waals surface area contributed by atoms with E-state index in [9.17, 15) is 26.7 Å².